The minimum atomic E-state index is 0.746. The lowest BCUT2D eigenvalue weighted by Gasteiger charge is -2.30. The Kier molecular flexibility index (Phi) is 3.58. The first-order valence-electron chi connectivity index (χ1n) is 5.99. The summed E-state index contributed by atoms with van der Waals surface area (Å²) < 4.78 is 0. The molecule has 2 rings (SSSR count). The number of nitrogens with zero attached hydrogens (tertiary/aromatic N) is 2. The van der Waals surface area contributed by atoms with Crippen LogP contribution < -0.4 is 0 Å². The zero-order valence-electron chi connectivity index (χ0n) is 9.82. The van der Waals surface area contributed by atoms with E-state index in [2.05, 4.69) is 30.0 Å². The summed E-state index contributed by atoms with van der Waals surface area (Å²) >= 11 is 0. The van der Waals surface area contributed by atoms with Crippen molar-refractivity contribution in [2.45, 2.75) is 26.3 Å². The quantitative estimate of drug-likeness (QED) is 0.757. The summed E-state index contributed by atoms with van der Waals surface area (Å²) in [6.07, 6.45) is 2.68. The van der Waals surface area contributed by atoms with Gasteiger partial charge in [-0.05, 0) is 43.0 Å². The molecule has 1 aliphatic rings. The Bertz CT molecular complexity index is 375. The molecule has 1 heterocycles. The van der Waals surface area contributed by atoms with E-state index in [-0.39, 0.29) is 0 Å². The molecule has 0 amide bonds. The second-order valence-corrected chi connectivity index (χ2v) is 4.79. The highest BCUT2D eigenvalue weighted by molar-refractivity contribution is 5.31. The molecule has 0 bridgehead atoms. The summed E-state index contributed by atoms with van der Waals surface area (Å²) in [6, 6.07) is 10.1. The van der Waals surface area contributed by atoms with Gasteiger partial charge in [0.2, 0.25) is 0 Å². The van der Waals surface area contributed by atoms with Crippen molar-refractivity contribution in [3.05, 3.63) is 35.4 Å². The first kappa shape index (κ1) is 11.2. The summed E-state index contributed by atoms with van der Waals surface area (Å²) in [6.45, 7) is 5.77. The van der Waals surface area contributed by atoms with Crippen molar-refractivity contribution >= 4 is 0 Å². The monoisotopic (exact) mass is 214 g/mol. The second kappa shape index (κ2) is 5.14. The lowest BCUT2D eigenvalue weighted by Crippen LogP contribution is -2.33. The number of hydrogen-bond acceptors (Lipinski definition) is 2. The van der Waals surface area contributed by atoms with Gasteiger partial charge in [0.25, 0.3) is 0 Å². The molecule has 2 nitrogen and oxygen atoms in total. The molecule has 1 aromatic rings. The minimum absolute atomic E-state index is 0.746. The van der Waals surface area contributed by atoms with Crippen molar-refractivity contribution in [2.24, 2.45) is 5.92 Å². The van der Waals surface area contributed by atoms with Crippen LogP contribution in [-0.4, -0.2) is 18.0 Å². The van der Waals surface area contributed by atoms with Crippen molar-refractivity contribution in [1.82, 2.24) is 4.90 Å². The molecule has 0 N–H and O–H groups in total. The molecule has 1 atom stereocenters. The molecule has 84 valence electrons. The molecule has 1 fully saturated rings. The summed E-state index contributed by atoms with van der Waals surface area (Å²) in [4.78, 5) is 2.51. The van der Waals surface area contributed by atoms with Gasteiger partial charge in [-0.25, -0.2) is 0 Å². The number of piperidine rings is 1. The van der Waals surface area contributed by atoms with Gasteiger partial charge in [0.15, 0.2) is 0 Å². The molecule has 0 radical (unpaired) electrons. The summed E-state index contributed by atoms with van der Waals surface area (Å²) in [5, 5.41) is 8.72. The third kappa shape index (κ3) is 2.84. The van der Waals surface area contributed by atoms with Crippen LogP contribution in [0, 0.1) is 17.2 Å². The molecule has 2 heteroatoms. The predicted molar refractivity (Wildman–Crippen MR) is 64.8 cm³/mol. The van der Waals surface area contributed by atoms with Gasteiger partial charge in [0.1, 0.15) is 0 Å². The Morgan fingerprint density at radius 3 is 2.75 bits per heavy atom. The maximum Gasteiger partial charge on any atom is 0.0991 e. The highest BCUT2D eigenvalue weighted by Gasteiger charge is 2.15. The molecule has 1 saturated heterocycles. The number of rotatable bonds is 2. The van der Waals surface area contributed by atoms with Crippen molar-refractivity contribution in [2.75, 3.05) is 13.1 Å². The van der Waals surface area contributed by atoms with Gasteiger partial charge in [-0.3, -0.25) is 4.90 Å². The van der Waals surface area contributed by atoms with E-state index in [9.17, 15) is 0 Å². The third-order valence-corrected chi connectivity index (χ3v) is 3.23. The number of likely N-dealkylation sites (tertiary alicyclic amines) is 1. The van der Waals surface area contributed by atoms with Crippen molar-refractivity contribution in [3.63, 3.8) is 0 Å². The molecule has 0 spiro atoms. The van der Waals surface area contributed by atoms with E-state index in [4.69, 9.17) is 5.26 Å². The number of hydrogen-bond donors (Lipinski definition) is 0. The van der Waals surface area contributed by atoms with Crippen LogP contribution >= 0.6 is 0 Å². The van der Waals surface area contributed by atoms with Crippen LogP contribution in [0.5, 0.6) is 0 Å². The molecule has 1 aliphatic heterocycles. The highest BCUT2D eigenvalue weighted by Crippen LogP contribution is 2.17. The summed E-state index contributed by atoms with van der Waals surface area (Å²) in [5.41, 5.74) is 2.06. The van der Waals surface area contributed by atoms with Crippen molar-refractivity contribution in [3.8, 4) is 6.07 Å². The van der Waals surface area contributed by atoms with Crippen molar-refractivity contribution in [1.29, 1.82) is 5.26 Å². The van der Waals surface area contributed by atoms with Crippen LogP contribution in [0.25, 0.3) is 0 Å². The molecular weight excluding hydrogens is 196 g/mol. The highest BCUT2D eigenvalue weighted by atomic mass is 15.1. The van der Waals surface area contributed by atoms with Gasteiger partial charge in [0.05, 0.1) is 11.6 Å². The molecule has 1 unspecified atom stereocenters. The van der Waals surface area contributed by atoms with Crippen LogP contribution in [0.2, 0.25) is 0 Å². The Hall–Kier alpha value is -1.33. The largest absolute Gasteiger partial charge is 0.299 e. The zero-order valence-corrected chi connectivity index (χ0v) is 9.82. The molecule has 0 saturated carbocycles. The molecule has 1 aromatic carbocycles. The predicted octanol–water partition coefficient (Wildman–Crippen LogP) is 2.79. The lowest BCUT2D eigenvalue weighted by molar-refractivity contribution is 0.176. The fourth-order valence-electron chi connectivity index (χ4n) is 2.37. The third-order valence-electron chi connectivity index (χ3n) is 3.23. The van der Waals surface area contributed by atoms with Gasteiger partial charge in [-0.2, -0.15) is 5.26 Å². The van der Waals surface area contributed by atoms with E-state index in [1.807, 2.05) is 12.1 Å². The molecule has 0 aliphatic carbocycles. The van der Waals surface area contributed by atoms with Gasteiger partial charge in [-0.15, -0.1) is 0 Å². The Morgan fingerprint density at radius 2 is 2.12 bits per heavy atom. The molecule has 0 aromatic heterocycles. The molecular formula is C14H18N2. The fourth-order valence-corrected chi connectivity index (χ4v) is 2.37. The number of benzene rings is 1. The second-order valence-electron chi connectivity index (χ2n) is 4.79. The van der Waals surface area contributed by atoms with E-state index in [0.717, 1.165) is 18.0 Å². The van der Waals surface area contributed by atoms with Gasteiger partial charge < -0.3 is 0 Å². The van der Waals surface area contributed by atoms with Crippen LogP contribution in [0.3, 0.4) is 0 Å². The maximum atomic E-state index is 8.72. The van der Waals surface area contributed by atoms with E-state index in [1.165, 1.54) is 31.5 Å². The molecule has 16 heavy (non-hydrogen) atoms. The van der Waals surface area contributed by atoms with Crippen LogP contribution in [0.1, 0.15) is 30.9 Å². The smallest absolute Gasteiger partial charge is 0.0991 e. The van der Waals surface area contributed by atoms with E-state index in [0.29, 0.717) is 0 Å². The average Bonchev–Trinajstić information content (AvgIpc) is 2.30. The van der Waals surface area contributed by atoms with Gasteiger partial charge in [-0.1, -0.05) is 19.1 Å². The standard InChI is InChI=1S/C14H18N2/c1-12-3-2-8-16(10-12)11-14-6-4-13(9-15)5-7-14/h4-7,12H,2-3,8,10-11H2,1H3. The lowest BCUT2D eigenvalue weighted by atomic mass is 10.00. The van der Waals surface area contributed by atoms with E-state index >= 15 is 0 Å². The van der Waals surface area contributed by atoms with Crippen LogP contribution in [0.15, 0.2) is 24.3 Å². The van der Waals surface area contributed by atoms with Gasteiger partial charge in [0, 0.05) is 13.1 Å². The summed E-state index contributed by atoms with van der Waals surface area (Å²) in [7, 11) is 0. The fraction of sp³-hybridized carbons (Fsp3) is 0.500. The topological polar surface area (TPSA) is 27.0 Å². The number of nitriles is 1. The first-order chi connectivity index (χ1) is 7.78. The van der Waals surface area contributed by atoms with Crippen LogP contribution in [0.4, 0.5) is 0 Å². The average molecular weight is 214 g/mol. The Balaban J connectivity index is 1.95. The zero-order chi connectivity index (χ0) is 11.4. The van der Waals surface area contributed by atoms with Gasteiger partial charge >= 0.3 is 0 Å². The SMILES string of the molecule is CC1CCCN(Cc2ccc(C#N)cc2)C1. The normalized spacial score (nSPS) is 21.6. The van der Waals surface area contributed by atoms with E-state index < -0.39 is 0 Å². The maximum absolute atomic E-state index is 8.72. The Morgan fingerprint density at radius 1 is 1.38 bits per heavy atom. The Labute approximate surface area is 97.5 Å². The van der Waals surface area contributed by atoms with Crippen molar-refractivity contribution < 1.29 is 0 Å². The first-order valence-corrected chi connectivity index (χ1v) is 5.99. The summed E-state index contributed by atoms with van der Waals surface area (Å²) in [5.74, 6) is 0.826. The van der Waals surface area contributed by atoms with E-state index in [1.54, 1.807) is 0 Å². The van der Waals surface area contributed by atoms with Crippen LogP contribution in [-0.2, 0) is 6.54 Å². The minimum Gasteiger partial charge on any atom is -0.299 e.